The maximum atomic E-state index is 4.56. The minimum absolute atomic E-state index is 1.22. The lowest BCUT2D eigenvalue weighted by Crippen LogP contribution is -1.97. The largest absolute Gasteiger partial charge is 0.231 e. The zero-order chi connectivity index (χ0) is 8.84. The quantitative estimate of drug-likeness (QED) is 0.646. The van der Waals surface area contributed by atoms with Gasteiger partial charge >= 0.3 is 0 Å². The van der Waals surface area contributed by atoms with Gasteiger partial charge in [-0.2, -0.15) is 0 Å². The van der Waals surface area contributed by atoms with Crippen LogP contribution >= 0.6 is 22.7 Å². The second kappa shape index (κ2) is 2.79. The Labute approximate surface area is 85.4 Å². The molecule has 0 saturated carbocycles. The fraction of sp³-hybridized carbons (Fsp3) is 0.500. The van der Waals surface area contributed by atoms with E-state index < -0.39 is 0 Å². The van der Waals surface area contributed by atoms with Crippen molar-refractivity contribution < 1.29 is 0 Å². The first kappa shape index (κ1) is 7.94. The first-order valence-corrected chi connectivity index (χ1v) is 6.35. The SMILES string of the molecule is Cc1nc2sc3c(c2s1)CCCC3. The van der Waals surface area contributed by atoms with E-state index in [0.29, 0.717) is 0 Å². The number of aryl methyl sites for hydroxylation is 3. The summed E-state index contributed by atoms with van der Waals surface area (Å²) < 4.78 is 1.48. The Morgan fingerprint density at radius 2 is 2.00 bits per heavy atom. The highest BCUT2D eigenvalue weighted by atomic mass is 32.1. The third kappa shape index (κ3) is 1.14. The van der Waals surface area contributed by atoms with Gasteiger partial charge in [0.1, 0.15) is 4.83 Å². The highest BCUT2D eigenvalue weighted by Gasteiger charge is 2.17. The zero-order valence-electron chi connectivity index (χ0n) is 7.59. The number of hydrogen-bond donors (Lipinski definition) is 0. The Morgan fingerprint density at radius 3 is 2.92 bits per heavy atom. The summed E-state index contributed by atoms with van der Waals surface area (Å²) in [4.78, 5) is 7.45. The molecule has 1 aliphatic carbocycles. The van der Waals surface area contributed by atoms with Crippen molar-refractivity contribution in [2.24, 2.45) is 0 Å². The highest BCUT2D eigenvalue weighted by molar-refractivity contribution is 7.27. The van der Waals surface area contributed by atoms with Gasteiger partial charge in [0.25, 0.3) is 0 Å². The standard InChI is InChI=1S/C10H11NS2/c1-6-11-10-9(12-6)7-4-2-3-5-8(7)13-10/h2-5H2,1H3. The second-order valence-electron chi connectivity index (χ2n) is 3.58. The van der Waals surface area contributed by atoms with Gasteiger partial charge in [-0.15, -0.1) is 22.7 Å². The van der Waals surface area contributed by atoms with Crippen LogP contribution in [0.15, 0.2) is 0 Å². The number of thiophene rings is 1. The Balaban J connectivity index is 2.30. The number of fused-ring (bicyclic) bond motifs is 3. The first-order chi connectivity index (χ1) is 6.34. The van der Waals surface area contributed by atoms with E-state index in [9.17, 15) is 0 Å². The van der Waals surface area contributed by atoms with Gasteiger partial charge in [-0.05, 0) is 38.2 Å². The van der Waals surface area contributed by atoms with Crippen LogP contribution in [-0.2, 0) is 12.8 Å². The molecule has 0 radical (unpaired) electrons. The van der Waals surface area contributed by atoms with Crippen molar-refractivity contribution in [3.8, 4) is 0 Å². The zero-order valence-corrected chi connectivity index (χ0v) is 9.23. The lowest BCUT2D eigenvalue weighted by Gasteiger charge is -2.09. The van der Waals surface area contributed by atoms with E-state index in [-0.39, 0.29) is 0 Å². The van der Waals surface area contributed by atoms with Crippen LogP contribution < -0.4 is 0 Å². The molecule has 0 bridgehead atoms. The molecule has 1 aliphatic rings. The summed E-state index contributed by atoms with van der Waals surface area (Å²) in [6, 6.07) is 0. The van der Waals surface area contributed by atoms with Crippen molar-refractivity contribution in [1.82, 2.24) is 4.98 Å². The minimum atomic E-state index is 1.22. The van der Waals surface area contributed by atoms with E-state index in [2.05, 4.69) is 11.9 Å². The van der Waals surface area contributed by atoms with Crippen LogP contribution in [0, 0.1) is 6.92 Å². The van der Waals surface area contributed by atoms with E-state index in [1.54, 1.807) is 10.4 Å². The summed E-state index contributed by atoms with van der Waals surface area (Å²) in [5, 5.41) is 1.22. The van der Waals surface area contributed by atoms with Gasteiger partial charge in [-0.3, -0.25) is 0 Å². The number of thiazole rings is 1. The number of hydrogen-bond acceptors (Lipinski definition) is 3. The summed E-state index contributed by atoms with van der Waals surface area (Å²) in [7, 11) is 0. The highest BCUT2D eigenvalue weighted by Crippen LogP contribution is 2.38. The average molecular weight is 209 g/mol. The maximum Gasteiger partial charge on any atom is 0.135 e. The molecule has 0 N–H and O–H groups in total. The molecule has 0 aliphatic heterocycles. The minimum Gasteiger partial charge on any atom is -0.231 e. The first-order valence-electron chi connectivity index (χ1n) is 4.72. The summed E-state index contributed by atoms with van der Waals surface area (Å²) >= 11 is 3.79. The van der Waals surface area contributed by atoms with E-state index >= 15 is 0 Å². The molecule has 3 heteroatoms. The number of nitrogens with zero attached hydrogens (tertiary/aromatic N) is 1. The van der Waals surface area contributed by atoms with Crippen molar-refractivity contribution in [3.05, 3.63) is 15.4 Å². The number of aromatic nitrogens is 1. The summed E-state index contributed by atoms with van der Waals surface area (Å²) in [6.07, 6.45) is 5.33. The van der Waals surface area contributed by atoms with Crippen LogP contribution in [0.1, 0.15) is 28.3 Å². The van der Waals surface area contributed by atoms with Crippen LogP contribution in [0.5, 0.6) is 0 Å². The van der Waals surface area contributed by atoms with Crippen molar-refractivity contribution >= 4 is 32.2 Å². The lowest BCUT2D eigenvalue weighted by atomic mass is 10.00. The van der Waals surface area contributed by atoms with Crippen molar-refractivity contribution in [1.29, 1.82) is 0 Å². The molecule has 13 heavy (non-hydrogen) atoms. The molecule has 3 rings (SSSR count). The summed E-state index contributed by atoms with van der Waals surface area (Å²) in [5.74, 6) is 0. The number of rotatable bonds is 0. The van der Waals surface area contributed by atoms with Crippen molar-refractivity contribution in [2.75, 3.05) is 0 Å². The van der Waals surface area contributed by atoms with E-state index in [0.717, 1.165) is 0 Å². The molecular weight excluding hydrogens is 198 g/mol. The molecule has 0 saturated heterocycles. The lowest BCUT2D eigenvalue weighted by molar-refractivity contribution is 0.701. The summed E-state index contributed by atoms with van der Waals surface area (Å²) in [6.45, 7) is 2.10. The van der Waals surface area contributed by atoms with E-state index in [1.807, 2.05) is 22.7 Å². The Hall–Kier alpha value is -0.410. The topological polar surface area (TPSA) is 12.9 Å². The molecule has 2 heterocycles. The fourth-order valence-corrected chi connectivity index (χ4v) is 4.51. The van der Waals surface area contributed by atoms with Gasteiger partial charge in [-0.1, -0.05) is 0 Å². The van der Waals surface area contributed by atoms with Gasteiger partial charge in [0.15, 0.2) is 0 Å². The predicted molar refractivity (Wildman–Crippen MR) is 58.9 cm³/mol. The molecule has 0 spiro atoms. The smallest absolute Gasteiger partial charge is 0.135 e. The molecule has 0 fully saturated rings. The van der Waals surface area contributed by atoms with Crippen molar-refractivity contribution in [2.45, 2.75) is 32.6 Å². The van der Waals surface area contributed by atoms with Crippen molar-refractivity contribution in [3.63, 3.8) is 0 Å². The Bertz CT molecular complexity index is 453. The Morgan fingerprint density at radius 1 is 1.15 bits per heavy atom. The van der Waals surface area contributed by atoms with Gasteiger partial charge in [-0.25, -0.2) is 4.98 Å². The van der Waals surface area contributed by atoms with Crippen LogP contribution in [0.4, 0.5) is 0 Å². The van der Waals surface area contributed by atoms with Gasteiger partial charge < -0.3 is 0 Å². The molecule has 1 nitrogen and oxygen atoms in total. The van der Waals surface area contributed by atoms with Crippen LogP contribution in [0.2, 0.25) is 0 Å². The molecular formula is C10H11NS2. The van der Waals surface area contributed by atoms with Gasteiger partial charge in [0.05, 0.1) is 9.71 Å². The summed E-state index contributed by atoms with van der Waals surface area (Å²) in [5.41, 5.74) is 1.62. The van der Waals surface area contributed by atoms with Crippen LogP contribution in [-0.4, -0.2) is 4.98 Å². The molecule has 68 valence electrons. The molecule has 0 atom stereocenters. The molecule has 0 amide bonds. The van der Waals surface area contributed by atoms with Gasteiger partial charge in [0, 0.05) is 4.88 Å². The fourth-order valence-electron chi connectivity index (χ4n) is 2.01. The van der Waals surface area contributed by atoms with Gasteiger partial charge in [0.2, 0.25) is 0 Å². The Kier molecular flexibility index (Phi) is 1.70. The second-order valence-corrected chi connectivity index (χ2v) is 5.86. The molecule has 2 aromatic rings. The molecule has 0 unspecified atom stereocenters. The van der Waals surface area contributed by atoms with Crippen LogP contribution in [0.25, 0.3) is 9.53 Å². The molecule has 0 aromatic carbocycles. The van der Waals surface area contributed by atoms with E-state index in [4.69, 9.17) is 0 Å². The maximum absolute atomic E-state index is 4.56. The van der Waals surface area contributed by atoms with E-state index in [1.165, 1.54) is 40.2 Å². The third-order valence-corrected chi connectivity index (χ3v) is 4.96. The monoisotopic (exact) mass is 209 g/mol. The third-order valence-electron chi connectivity index (χ3n) is 2.61. The average Bonchev–Trinajstić information content (AvgIpc) is 2.60. The van der Waals surface area contributed by atoms with Crippen LogP contribution in [0.3, 0.4) is 0 Å². The predicted octanol–water partition coefficient (Wildman–Crippen LogP) is 3.55. The molecule has 2 aromatic heterocycles. The normalized spacial score (nSPS) is 16.4.